The molecule has 5 rings (SSSR count). The number of nitrogens with zero attached hydrogens (tertiary/aromatic N) is 1. The van der Waals surface area contributed by atoms with Crippen molar-refractivity contribution in [1.82, 2.24) is 9.71 Å². The molecule has 0 saturated heterocycles. The van der Waals surface area contributed by atoms with E-state index in [2.05, 4.69) is 20.3 Å². The lowest BCUT2D eigenvalue weighted by Crippen LogP contribution is -2.42. The Morgan fingerprint density at radius 2 is 1.62 bits per heavy atom. The molecular weight excluding hydrogens is 613 g/mol. The lowest BCUT2D eigenvalue weighted by Gasteiger charge is -2.18. The van der Waals surface area contributed by atoms with Crippen molar-refractivity contribution in [3.8, 4) is 16.9 Å². The van der Waals surface area contributed by atoms with Crippen molar-refractivity contribution in [3.05, 3.63) is 101 Å². The van der Waals surface area contributed by atoms with Crippen LogP contribution in [0.25, 0.3) is 21.3 Å². The fourth-order valence-electron chi connectivity index (χ4n) is 5.21. The molecule has 0 fully saturated rings. The van der Waals surface area contributed by atoms with Crippen molar-refractivity contribution in [2.24, 2.45) is 0 Å². The number of fused-ring (bicyclic) bond motifs is 1. The van der Waals surface area contributed by atoms with E-state index >= 15 is 0 Å². The third-order valence-corrected chi connectivity index (χ3v) is 9.84. The van der Waals surface area contributed by atoms with Gasteiger partial charge in [-0.05, 0) is 85.3 Å². The van der Waals surface area contributed by atoms with E-state index in [1.165, 1.54) is 11.3 Å². The first-order valence-corrected chi connectivity index (χ1v) is 16.3. The molecule has 4 N–H and O–H groups in total. The van der Waals surface area contributed by atoms with Gasteiger partial charge in [0.1, 0.15) is 11.8 Å². The van der Waals surface area contributed by atoms with Gasteiger partial charge in [-0.1, -0.05) is 65.4 Å². The quantitative estimate of drug-likeness (QED) is 0.135. The number of carbonyl (C=O) groups is 2. The zero-order valence-electron chi connectivity index (χ0n) is 25.0. The van der Waals surface area contributed by atoms with Crippen molar-refractivity contribution < 1.29 is 27.9 Å². The van der Waals surface area contributed by atoms with E-state index in [1.54, 1.807) is 51.3 Å². The summed E-state index contributed by atoms with van der Waals surface area (Å²) >= 11 is 1.34. The molecule has 0 aliphatic heterocycles. The average molecular weight is 645 g/mol. The van der Waals surface area contributed by atoms with Crippen LogP contribution >= 0.6 is 11.3 Å². The molecule has 45 heavy (non-hydrogen) atoms. The van der Waals surface area contributed by atoms with Gasteiger partial charge in [0.25, 0.3) is 0 Å². The second kappa shape index (κ2) is 13.1. The molecule has 0 aliphatic carbocycles. The van der Waals surface area contributed by atoms with E-state index in [1.807, 2.05) is 55.5 Å². The molecule has 0 radical (unpaired) electrons. The summed E-state index contributed by atoms with van der Waals surface area (Å²) in [4.78, 5) is 29.3. The summed E-state index contributed by atoms with van der Waals surface area (Å²) in [6.45, 7) is 5.27. The number of carboxylic acids is 1. The maximum absolute atomic E-state index is 13.2. The zero-order valence-corrected chi connectivity index (χ0v) is 26.7. The van der Waals surface area contributed by atoms with E-state index < -0.39 is 28.1 Å². The van der Waals surface area contributed by atoms with Crippen molar-refractivity contribution >= 4 is 54.4 Å². The number of nitrogens with one attached hydrogen (secondary N) is 3. The number of hydrogen-bond donors (Lipinski definition) is 4. The lowest BCUT2D eigenvalue weighted by atomic mass is 10.0. The van der Waals surface area contributed by atoms with E-state index in [0.29, 0.717) is 33.3 Å². The second-order valence-corrected chi connectivity index (χ2v) is 13.3. The van der Waals surface area contributed by atoms with Gasteiger partial charge in [-0.3, -0.25) is 10.1 Å². The molecule has 0 spiro atoms. The Morgan fingerprint density at radius 3 is 2.29 bits per heavy atom. The zero-order chi connectivity index (χ0) is 32.3. The monoisotopic (exact) mass is 644 g/mol. The van der Waals surface area contributed by atoms with Crippen LogP contribution in [0.3, 0.4) is 0 Å². The van der Waals surface area contributed by atoms with Crippen LogP contribution in [0.2, 0.25) is 0 Å². The van der Waals surface area contributed by atoms with E-state index in [-0.39, 0.29) is 11.3 Å². The number of anilines is 2. The molecule has 1 heterocycles. The number of hydrogen-bond acceptors (Lipinski definition) is 7. The van der Waals surface area contributed by atoms with Crippen LogP contribution in [-0.2, 0) is 21.2 Å². The summed E-state index contributed by atoms with van der Waals surface area (Å²) in [6, 6.07) is 21.7. The number of carboxylic acid groups (broad SMARTS) is 1. The summed E-state index contributed by atoms with van der Waals surface area (Å²) < 4.78 is 34.9. The Kier molecular flexibility index (Phi) is 9.19. The largest absolute Gasteiger partial charge is 0.497 e. The van der Waals surface area contributed by atoms with Crippen molar-refractivity contribution in [1.29, 1.82) is 0 Å². The molecule has 2 amide bonds. The lowest BCUT2D eigenvalue weighted by molar-refractivity contribution is -0.138. The number of sulfonamides is 1. The predicted molar refractivity (Wildman–Crippen MR) is 177 cm³/mol. The molecule has 1 unspecified atom stereocenters. The summed E-state index contributed by atoms with van der Waals surface area (Å²) in [5.41, 5.74) is 5.67. The van der Waals surface area contributed by atoms with E-state index in [9.17, 15) is 23.1 Å². The SMILES string of the molecule is COc1ccc2nc(NC(=O)Nc3cccc(-c4ccc(CC(NS(=O)(=O)c5c(C)cc(C)cc5C)C(=O)O)cc4)c3)sc2c1. The fraction of sp³-hybridized carbons (Fsp3) is 0.182. The highest BCUT2D eigenvalue weighted by molar-refractivity contribution is 7.89. The summed E-state index contributed by atoms with van der Waals surface area (Å²) in [6.07, 6.45) is -0.0425. The smallest absolute Gasteiger partial charge is 0.325 e. The van der Waals surface area contributed by atoms with E-state index in [0.717, 1.165) is 26.9 Å². The molecule has 0 aliphatic rings. The van der Waals surface area contributed by atoms with E-state index in [4.69, 9.17) is 4.74 Å². The Bertz CT molecular complexity index is 1980. The standard InChI is InChI=1S/C33H32N4O6S2/c1-19-14-20(2)30(21(3)15-19)45(41,42)37-28(31(38)39)16-22-8-10-23(11-9-22)24-6-5-7-25(17-24)34-32(40)36-33-35-27-13-12-26(43-4)18-29(27)44-33/h5-15,17-18,28,37H,16H2,1-4H3,(H,38,39)(H2,34,35,36,40). The molecular formula is C33H32N4O6S2. The Hall–Kier alpha value is -4.78. The third kappa shape index (κ3) is 7.48. The Labute approximate surface area is 265 Å². The van der Waals surface area contributed by atoms with Gasteiger partial charge in [0.2, 0.25) is 10.0 Å². The highest BCUT2D eigenvalue weighted by Crippen LogP contribution is 2.30. The minimum Gasteiger partial charge on any atom is -0.497 e. The van der Waals surface area contributed by atoms with Crippen LogP contribution in [0.4, 0.5) is 15.6 Å². The van der Waals surface area contributed by atoms with Crippen LogP contribution in [-0.4, -0.2) is 43.7 Å². The molecule has 12 heteroatoms. The maximum Gasteiger partial charge on any atom is 0.325 e. The fourth-order valence-corrected chi connectivity index (χ4v) is 7.74. The number of rotatable bonds is 10. The number of aryl methyl sites for hydroxylation is 3. The van der Waals surface area contributed by atoms with Gasteiger partial charge in [-0.25, -0.2) is 18.2 Å². The minimum absolute atomic E-state index is 0.0425. The molecule has 232 valence electrons. The number of aromatic nitrogens is 1. The molecule has 5 aromatic rings. The highest BCUT2D eigenvalue weighted by Gasteiger charge is 2.28. The summed E-state index contributed by atoms with van der Waals surface area (Å²) in [5.74, 6) is -0.561. The Balaban J connectivity index is 1.25. The number of ether oxygens (including phenoxy) is 1. The number of amides is 2. The highest BCUT2D eigenvalue weighted by atomic mass is 32.2. The van der Waals surface area contributed by atoms with Crippen LogP contribution in [0.5, 0.6) is 5.75 Å². The van der Waals surface area contributed by atoms with Crippen molar-refractivity contribution in [2.45, 2.75) is 38.1 Å². The summed E-state index contributed by atoms with van der Waals surface area (Å²) in [5, 5.41) is 15.9. The van der Waals surface area contributed by atoms with Crippen LogP contribution in [0, 0.1) is 20.8 Å². The molecule has 4 aromatic carbocycles. The average Bonchev–Trinajstić information content (AvgIpc) is 3.37. The Morgan fingerprint density at radius 1 is 0.911 bits per heavy atom. The summed E-state index contributed by atoms with van der Waals surface area (Å²) in [7, 11) is -2.49. The van der Waals surface area contributed by atoms with Gasteiger partial charge in [0.15, 0.2) is 5.13 Å². The van der Waals surface area contributed by atoms with Gasteiger partial charge in [-0.15, -0.1) is 0 Å². The molecule has 10 nitrogen and oxygen atoms in total. The number of thiazole rings is 1. The van der Waals surface area contributed by atoms with Crippen molar-refractivity contribution in [3.63, 3.8) is 0 Å². The first-order valence-electron chi connectivity index (χ1n) is 14.0. The number of carbonyl (C=O) groups excluding carboxylic acids is 1. The van der Waals surface area contributed by atoms with Gasteiger partial charge in [0, 0.05) is 5.69 Å². The number of benzene rings is 4. The van der Waals surface area contributed by atoms with Crippen molar-refractivity contribution in [2.75, 3.05) is 17.7 Å². The normalized spacial score (nSPS) is 12.1. The molecule has 0 saturated carbocycles. The first kappa shape index (κ1) is 31.6. The van der Waals surface area contributed by atoms with Gasteiger partial charge in [0.05, 0.1) is 22.2 Å². The van der Waals surface area contributed by atoms with Gasteiger partial charge in [-0.2, -0.15) is 4.72 Å². The topological polar surface area (TPSA) is 147 Å². The predicted octanol–water partition coefficient (Wildman–Crippen LogP) is 6.52. The second-order valence-electron chi connectivity index (χ2n) is 10.7. The third-order valence-electron chi connectivity index (χ3n) is 7.13. The number of methoxy groups -OCH3 is 1. The number of aliphatic carboxylic acids is 1. The molecule has 1 atom stereocenters. The first-order chi connectivity index (χ1) is 21.4. The molecule has 1 aromatic heterocycles. The van der Waals surface area contributed by atoms with Crippen LogP contribution < -0.4 is 20.1 Å². The van der Waals surface area contributed by atoms with Gasteiger partial charge < -0.3 is 15.2 Å². The maximum atomic E-state index is 13.2. The number of urea groups is 1. The molecule has 0 bridgehead atoms. The van der Waals surface area contributed by atoms with Crippen LogP contribution in [0.1, 0.15) is 22.3 Å². The van der Waals surface area contributed by atoms with Gasteiger partial charge >= 0.3 is 12.0 Å². The minimum atomic E-state index is -4.08. The van der Waals surface area contributed by atoms with Crippen LogP contribution in [0.15, 0.2) is 83.8 Å².